The Balaban J connectivity index is 3.23. The summed E-state index contributed by atoms with van der Waals surface area (Å²) in [5.74, 6) is 2.03. The normalized spacial score (nSPS) is 11.7. The molecule has 0 heterocycles. The molecule has 1 aromatic carbocycles. The minimum absolute atomic E-state index is 0.486. The second-order valence-corrected chi connectivity index (χ2v) is 4.38. The number of methoxy groups -OCH3 is 2. The van der Waals surface area contributed by atoms with Gasteiger partial charge in [-0.25, -0.2) is 0 Å². The van der Waals surface area contributed by atoms with Crippen molar-refractivity contribution in [1.29, 1.82) is 5.41 Å². The standard InChI is InChI=1S/C16H24N2O2/c1-6-18(7-2)16(17)15(12(3)19-4)13-8-10-14(20-5)11-9-13/h8-11,17H,6-7H2,1-5H3/b15-12+,17-16?. The summed E-state index contributed by atoms with van der Waals surface area (Å²) in [7, 11) is 3.28. The average molecular weight is 276 g/mol. The van der Waals surface area contributed by atoms with Crippen LogP contribution in [0.3, 0.4) is 0 Å². The number of rotatable bonds is 6. The van der Waals surface area contributed by atoms with Gasteiger partial charge in [-0.1, -0.05) is 12.1 Å². The van der Waals surface area contributed by atoms with Gasteiger partial charge in [0.2, 0.25) is 0 Å². The largest absolute Gasteiger partial charge is 0.501 e. The van der Waals surface area contributed by atoms with Crippen LogP contribution in [0.15, 0.2) is 30.0 Å². The highest BCUT2D eigenvalue weighted by Crippen LogP contribution is 2.24. The molecule has 1 N–H and O–H groups in total. The maximum atomic E-state index is 8.43. The fourth-order valence-electron chi connectivity index (χ4n) is 2.06. The Morgan fingerprint density at radius 3 is 2.05 bits per heavy atom. The molecule has 110 valence electrons. The Morgan fingerprint density at radius 2 is 1.65 bits per heavy atom. The van der Waals surface area contributed by atoms with Gasteiger partial charge in [0, 0.05) is 13.1 Å². The quantitative estimate of drug-likeness (QED) is 0.492. The number of amidine groups is 1. The lowest BCUT2D eigenvalue weighted by Crippen LogP contribution is -2.31. The van der Waals surface area contributed by atoms with E-state index in [2.05, 4.69) is 0 Å². The van der Waals surface area contributed by atoms with Crippen molar-refractivity contribution in [3.8, 4) is 5.75 Å². The van der Waals surface area contributed by atoms with Crippen molar-refractivity contribution in [2.75, 3.05) is 27.3 Å². The third-order valence-corrected chi connectivity index (χ3v) is 3.35. The second kappa shape index (κ2) is 7.58. The third kappa shape index (κ3) is 3.53. The van der Waals surface area contributed by atoms with Crippen LogP contribution in [0.2, 0.25) is 0 Å². The molecule has 0 bridgehead atoms. The van der Waals surface area contributed by atoms with Crippen LogP contribution in [0, 0.1) is 5.41 Å². The molecule has 0 aliphatic heterocycles. The van der Waals surface area contributed by atoms with Gasteiger partial charge in [0.1, 0.15) is 17.3 Å². The second-order valence-electron chi connectivity index (χ2n) is 4.38. The molecule has 0 unspecified atom stereocenters. The van der Waals surface area contributed by atoms with Crippen LogP contribution in [-0.4, -0.2) is 38.0 Å². The average Bonchev–Trinajstić information content (AvgIpc) is 2.49. The van der Waals surface area contributed by atoms with E-state index in [0.29, 0.717) is 5.84 Å². The van der Waals surface area contributed by atoms with E-state index in [4.69, 9.17) is 14.9 Å². The van der Waals surface area contributed by atoms with Crippen LogP contribution >= 0.6 is 0 Å². The lowest BCUT2D eigenvalue weighted by atomic mass is 10.0. The molecule has 0 radical (unpaired) electrons. The van der Waals surface area contributed by atoms with Crippen molar-refractivity contribution >= 4 is 11.4 Å². The first-order chi connectivity index (χ1) is 9.58. The van der Waals surface area contributed by atoms with E-state index in [1.807, 2.05) is 49.9 Å². The Hall–Kier alpha value is -1.97. The minimum atomic E-state index is 0.486. The minimum Gasteiger partial charge on any atom is -0.501 e. The molecule has 0 aliphatic rings. The first-order valence-electron chi connectivity index (χ1n) is 6.82. The summed E-state index contributed by atoms with van der Waals surface area (Å²) in [6, 6.07) is 7.70. The zero-order valence-electron chi connectivity index (χ0n) is 13.0. The number of likely N-dealkylation sites (N-methyl/N-ethyl adjacent to an activating group) is 1. The highest BCUT2D eigenvalue weighted by atomic mass is 16.5. The van der Waals surface area contributed by atoms with Crippen LogP contribution in [0.25, 0.3) is 5.57 Å². The summed E-state index contributed by atoms with van der Waals surface area (Å²) in [6.45, 7) is 7.58. The molecule has 1 aromatic rings. The summed E-state index contributed by atoms with van der Waals surface area (Å²) in [5.41, 5.74) is 1.78. The predicted octanol–water partition coefficient (Wildman–Crippen LogP) is 3.39. The van der Waals surface area contributed by atoms with Gasteiger partial charge >= 0.3 is 0 Å². The van der Waals surface area contributed by atoms with Gasteiger partial charge in [0.25, 0.3) is 0 Å². The van der Waals surface area contributed by atoms with Gasteiger partial charge < -0.3 is 14.4 Å². The maximum absolute atomic E-state index is 8.43. The molecule has 4 heteroatoms. The SMILES string of the molecule is CCN(CC)C(=N)/C(=C(\C)OC)c1ccc(OC)cc1. The molecule has 20 heavy (non-hydrogen) atoms. The van der Waals surface area contributed by atoms with Crippen LogP contribution in [0.4, 0.5) is 0 Å². The number of nitrogens with zero attached hydrogens (tertiary/aromatic N) is 1. The summed E-state index contributed by atoms with van der Waals surface area (Å²) in [4.78, 5) is 2.00. The highest BCUT2D eigenvalue weighted by Gasteiger charge is 2.17. The zero-order chi connectivity index (χ0) is 15.1. The van der Waals surface area contributed by atoms with Gasteiger partial charge in [-0.2, -0.15) is 0 Å². The lowest BCUT2D eigenvalue weighted by Gasteiger charge is -2.24. The van der Waals surface area contributed by atoms with E-state index in [9.17, 15) is 0 Å². The highest BCUT2D eigenvalue weighted by molar-refractivity contribution is 6.21. The first-order valence-corrected chi connectivity index (χ1v) is 6.82. The number of hydrogen-bond acceptors (Lipinski definition) is 3. The van der Waals surface area contributed by atoms with E-state index in [-0.39, 0.29) is 0 Å². The zero-order valence-corrected chi connectivity index (χ0v) is 13.0. The van der Waals surface area contributed by atoms with Crippen molar-refractivity contribution in [2.24, 2.45) is 0 Å². The molecule has 0 fully saturated rings. The van der Waals surface area contributed by atoms with Gasteiger partial charge in [0.15, 0.2) is 0 Å². The summed E-state index contributed by atoms with van der Waals surface area (Å²) in [6.07, 6.45) is 0. The molecule has 0 amide bonds. The summed E-state index contributed by atoms with van der Waals surface area (Å²) < 4.78 is 10.5. The molecular formula is C16H24N2O2. The molecule has 0 saturated heterocycles. The number of hydrogen-bond donors (Lipinski definition) is 1. The van der Waals surface area contributed by atoms with Crippen LogP contribution in [0.5, 0.6) is 5.75 Å². The van der Waals surface area contributed by atoms with Crippen molar-refractivity contribution in [1.82, 2.24) is 4.90 Å². The molecule has 4 nitrogen and oxygen atoms in total. The lowest BCUT2D eigenvalue weighted by molar-refractivity contribution is 0.296. The van der Waals surface area contributed by atoms with E-state index in [1.165, 1.54) is 0 Å². The third-order valence-electron chi connectivity index (χ3n) is 3.35. The summed E-state index contributed by atoms with van der Waals surface area (Å²) >= 11 is 0. The van der Waals surface area contributed by atoms with Gasteiger partial charge in [-0.05, 0) is 38.5 Å². The molecular weight excluding hydrogens is 252 g/mol. The number of nitrogens with one attached hydrogen (secondary N) is 1. The van der Waals surface area contributed by atoms with E-state index in [1.54, 1.807) is 14.2 Å². The van der Waals surface area contributed by atoms with Crippen LogP contribution in [0.1, 0.15) is 26.3 Å². The maximum Gasteiger partial charge on any atom is 0.132 e. The Labute approximate surface area is 121 Å². The number of ether oxygens (including phenoxy) is 2. The van der Waals surface area contributed by atoms with Crippen LogP contribution in [-0.2, 0) is 4.74 Å². The predicted molar refractivity (Wildman–Crippen MR) is 83.2 cm³/mol. The van der Waals surface area contributed by atoms with Crippen LogP contribution < -0.4 is 4.74 Å². The fraction of sp³-hybridized carbons (Fsp3) is 0.438. The van der Waals surface area contributed by atoms with Gasteiger partial charge in [-0.3, -0.25) is 5.41 Å². The molecule has 0 aromatic heterocycles. The smallest absolute Gasteiger partial charge is 0.132 e. The fourth-order valence-corrected chi connectivity index (χ4v) is 2.06. The van der Waals surface area contributed by atoms with E-state index < -0.39 is 0 Å². The first kappa shape index (κ1) is 16.1. The Morgan fingerprint density at radius 1 is 1.10 bits per heavy atom. The Bertz CT molecular complexity index is 474. The monoisotopic (exact) mass is 276 g/mol. The van der Waals surface area contributed by atoms with Crippen molar-refractivity contribution in [3.63, 3.8) is 0 Å². The number of allylic oxidation sites excluding steroid dienone is 1. The molecule has 0 saturated carbocycles. The molecule has 0 spiro atoms. The topological polar surface area (TPSA) is 45.6 Å². The number of benzene rings is 1. The molecule has 1 rings (SSSR count). The van der Waals surface area contributed by atoms with E-state index >= 15 is 0 Å². The van der Waals surface area contributed by atoms with E-state index in [0.717, 1.165) is 35.7 Å². The van der Waals surface area contributed by atoms with Crippen molar-refractivity contribution in [3.05, 3.63) is 35.6 Å². The van der Waals surface area contributed by atoms with Gasteiger partial charge in [0.05, 0.1) is 19.8 Å². The van der Waals surface area contributed by atoms with Crippen molar-refractivity contribution < 1.29 is 9.47 Å². The molecule has 0 atom stereocenters. The summed E-state index contributed by atoms with van der Waals surface area (Å²) in [5, 5.41) is 8.43. The van der Waals surface area contributed by atoms with Gasteiger partial charge in [-0.15, -0.1) is 0 Å². The Kier molecular flexibility index (Phi) is 6.10. The molecule has 0 aliphatic carbocycles. The van der Waals surface area contributed by atoms with Crippen molar-refractivity contribution in [2.45, 2.75) is 20.8 Å².